The lowest BCUT2D eigenvalue weighted by molar-refractivity contribution is 0.278. The first-order chi connectivity index (χ1) is 8.83. The Balaban J connectivity index is 1.83. The molecule has 1 fully saturated rings. The van der Waals surface area contributed by atoms with Crippen LogP contribution in [0.15, 0.2) is 35.9 Å². The maximum Gasteiger partial charge on any atom is 0.123 e. The molecule has 1 aliphatic heterocycles. The van der Waals surface area contributed by atoms with Crippen LogP contribution in [0.1, 0.15) is 43.6 Å². The third-order valence-corrected chi connectivity index (χ3v) is 4.04. The molecule has 2 unspecified atom stereocenters. The molecule has 2 N–H and O–H groups in total. The standard InChI is InChI=1S/C16H21NO/c17-14-5-3-4-12(11-14)10-13-8-9-18-16-7-2-1-6-15(13)16/h1-2,6-7,10,13-14H,3-5,8-9,11,17H2/b12-10-. The molecule has 1 aromatic carbocycles. The number of benzene rings is 1. The molecule has 0 aromatic heterocycles. The third kappa shape index (κ3) is 2.44. The van der Waals surface area contributed by atoms with Crippen molar-refractivity contribution in [2.24, 2.45) is 5.73 Å². The van der Waals surface area contributed by atoms with Gasteiger partial charge in [0.2, 0.25) is 0 Å². The van der Waals surface area contributed by atoms with E-state index in [2.05, 4.69) is 24.3 Å². The summed E-state index contributed by atoms with van der Waals surface area (Å²) < 4.78 is 5.71. The average Bonchev–Trinajstić information content (AvgIpc) is 2.39. The Labute approximate surface area is 109 Å². The quantitative estimate of drug-likeness (QED) is 0.767. The van der Waals surface area contributed by atoms with Gasteiger partial charge in [-0.1, -0.05) is 29.8 Å². The van der Waals surface area contributed by atoms with E-state index in [9.17, 15) is 0 Å². The summed E-state index contributed by atoms with van der Waals surface area (Å²) in [6.45, 7) is 0.831. The van der Waals surface area contributed by atoms with E-state index in [-0.39, 0.29) is 0 Å². The maximum absolute atomic E-state index is 6.06. The zero-order valence-electron chi connectivity index (χ0n) is 10.8. The Hall–Kier alpha value is -1.28. The van der Waals surface area contributed by atoms with Gasteiger partial charge in [0.1, 0.15) is 5.75 Å². The van der Waals surface area contributed by atoms with Crippen LogP contribution in [0, 0.1) is 0 Å². The summed E-state index contributed by atoms with van der Waals surface area (Å²) in [5.41, 5.74) is 8.95. The number of fused-ring (bicyclic) bond motifs is 1. The fraction of sp³-hybridized carbons (Fsp3) is 0.500. The summed E-state index contributed by atoms with van der Waals surface area (Å²) in [5.74, 6) is 1.58. The molecule has 18 heavy (non-hydrogen) atoms. The Morgan fingerprint density at radius 3 is 3.00 bits per heavy atom. The molecule has 0 spiro atoms. The van der Waals surface area contributed by atoms with Gasteiger partial charge in [-0.3, -0.25) is 0 Å². The smallest absolute Gasteiger partial charge is 0.123 e. The van der Waals surface area contributed by atoms with E-state index >= 15 is 0 Å². The lowest BCUT2D eigenvalue weighted by Gasteiger charge is -2.26. The summed E-state index contributed by atoms with van der Waals surface area (Å²) in [5, 5.41) is 0. The van der Waals surface area contributed by atoms with Crippen molar-refractivity contribution in [1.82, 2.24) is 0 Å². The largest absolute Gasteiger partial charge is 0.493 e. The van der Waals surface area contributed by atoms with Crippen LogP contribution in [0.2, 0.25) is 0 Å². The summed E-state index contributed by atoms with van der Waals surface area (Å²) in [4.78, 5) is 0. The number of rotatable bonds is 1. The third-order valence-electron chi connectivity index (χ3n) is 4.04. The average molecular weight is 243 g/mol. The van der Waals surface area contributed by atoms with E-state index in [0.717, 1.165) is 25.2 Å². The number of ether oxygens (including phenoxy) is 1. The van der Waals surface area contributed by atoms with E-state index in [1.54, 1.807) is 5.57 Å². The fourth-order valence-corrected chi connectivity index (χ4v) is 3.11. The fourth-order valence-electron chi connectivity index (χ4n) is 3.11. The van der Waals surface area contributed by atoms with Crippen LogP contribution in [0.4, 0.5) is 0 Å². The predicted molar refractivity (Wildman–Crippen MR) is 73.8 cm³/mol. The van der Waals surface area contributed by atoms with Gasteiger partial charge in [-0.15, -0.1) is 0 Å². The van der Waals surface area contributed by atoms with Crippen LogP contribution in [0.25, 0.3) is 0 Å². The van der Waals surface area contributed by atoms with Crippen LogP contribution in [0.5, 0.6) is 5.75 Å². The maximum atomic E-state index is 6.06. The molecule has 1 aliphatic carbocycles. The lowest BCUT2D eigenvalue weighted by Crippen LogP contribution is -2.24. The van der Waals surface area contributed by atoms with Gasteiger partial charge in [-0.2, -0.15) is 0 Å². The molecule has 1 heterocycles. The molecule has 2 atom stereocenters. The molecule has 2 aliphatic rings. The van der Waals surface area contributed by atoms with Crippen molar-refractivity contribution in [2.75, 3.05) is 6.61 Å². The second-order valence-corrected chi connectivity index (χ2v) is 5.46. The second kappa shape index (κ2) is 5.15. The number of para-hydroxylation sites is 1. The zero-order valence-corrected chi connectivity index (χ0v) is 10.8. The molecule has 3 rings (SSSR count). The van der Waals surface area contributed by atoms with Gasteiger partial charge in [0, 0.05) is 17.5 Å². The predicted octanol–water partition coefficient (Wildman–Crippen LogP) is 3.38. The zero-order chi connectivity index (χ0) is 12.4. The van der Waals surface area contributed by atoms with Gasteiger partial charge in [-0.25, -0.2) is 0 Å². The molecule has 96 valence electrons. The van der Waals surface area contributed by atoms with E-state index in [0.29, 0.717) is 12.0 Å². The molecule has 1 aromatic rings. The van der Waals surface area contributed by atoms with Gasteiger partial charge in [0.25, 0.3) is 0 Å². The van der Waals surface area contributed by atoms with Crippen molar-refractivity contribution in [3.05, 3.63) is 41.5 Å². The molecule has 0 amide bonds. The van der Waals surface area contributed by atoms with Crippen LogP contribution < -0.4 is 10.5 Å². The van der Waals surface area contributed by atoms with Crippen LogP contribution in [-0.2, 0) is 0 Å². The molecule has 0 saturated heterocycles. The lowest BCUT2D eigenvalue weighted by atomic mass is 9.85. The minimum atomic E-state index is 0.375. The minimum Gasteiger partial charge on any atom is -0.493 e. The summed E-state index contributed by atoms with van der Waals surface area (Å²) in [6, 6.07) is 8.79. The Morgan fingerprint density at radius 1 is 1.22 bits per heavy atom. The van der Waals surface area contributed by atoms with Gasteiger partial charge in [0.05, 0.1) is 6.61 Å². The normalized spacial score (nSPS) is 29.7. The second-order valence-electron chi connectivity index (χ2n) is 5.46. The summed E-state index contributed by atoms with van der Waals surface area (Å²) in [6.07, 6.45) is 8.29. The molecular formula is C16H21NO. The van der Waals surface area contributed by atoms with Crippen LogP contribution in [0.3, 0.4) is 0 Å². The van der Waals surface area contributed by atoms with Crippen molar-refractivity contribution < 1.29 is 4.74 Å². The minimum absolute atomic E-state index is 0.375. The van der Waals surface area contributed by atoms with Crippen LogP contribution in [-0.4, -0.2) is 12.6 Å². The van der Waals surface area contributed by atoms with Crippen molar-refractivity contribution in [3.8, 4) is 5.75 Å². The Morgan fingerprint density at radius 2 is 2.11 bits per heavy atom. The molecule has 2 nitrogen and oxygen atoms in total. The first-order valence-corrected chi connectivity index (χ1v) is 7.00. The van der Waals surface area contributed by atoms with Crippen molar-refractivity contribution in [1.29, 1.82) is 0 Å². The molecule has 0 radical (unpaired) electrons. The first kappa shape index (κ1) is 11.8. The molecular weight excluding hydrogens is 222 g/mol. The van der Waals surface area contributed by atoms with Crippen LogP contribution >= 0.6 is 0 Å². The van der Waals surface area contributed by atoms with Gasteiger partial charge >= 0.3 is 0 Å². The van der Waals surface area contributed by atoms with E-state index in [1.807, 2.05) is 6.07 Å². The highest BCUT2D eigenvalue weighted by molar-refractivity contribution is 5.40. The summed E-state index contributed by atoms with van der Waals surface area (Å²) >= 11 is 0. The SMILES string of the molecule is NC1CCC/C(=C/C2CCOc3ccccc32)C1. The molecule has 1 saturated carbocycles. The van der Waals surface area contributed by atoms with Gasteiger partial charge in [-0.05, 0) is 38.2 Å². The van der Waals surface area contributed by atoms with Gasteiger partial charge in [0.15, 0.2) is 0 Å². The van der Waals surface area contributed by atoms with E-state index in [1.165, 1.54) is 24.8 Å². The van der Waals surface area contributed by atoms with Crippen molar-refractivity contribution >= 4 is 0 Å². The van der Waals surface area contributed by atoms with E-state index in [4.69, 9.17) is 10.5 Å². The number of allylic oxidation sites excluding steroid dienone is 1. The topological polar surface area (TPSA) is 35.2 Å². The molecule has 2 heteroatoms. The Bertz CT molecular complexity index is 452. The monoisotopic (exact) mass is 243 g/mol. The number of hydrogen-bond acceptors (Lipinski definition) is 2. The molecule has 0 bridgehead atoms. The highest BCUT2D eigenvalue weighted by Gasteiger charge is 2.21. The van der Waals surface area contributed by atoms with Crippen molar-refractivity contribution in [3.63, 3.8) is 0 Å². The highest BCUT2D eigenvalue weighted by atomic mass is 16.5. The van der Waals surface area contributed by atoms with E-state index < -0.39 is 0 Å². The summed E-state index contributed by atoms with van der Waals surface area (Å²) in [7, 11) is 0. The number of nitrogens with two attached hydrogens (primary N) is 1. The highest BCUT2D eigenvalue weighted by Crippen LogP contribution is 2.36. The Kier molecular flexibility index (Phi) is 3.37. The van der Waals surface area contributed by atoms with Gasteiger partial charge < -0.3 is 10.5 Å². The number of hydrogen-bond donors (Lipinski definition) is 1. The van der Waals surface area contributed by atoms with Crippen molar-refractivity contribution in [2.45, 2.75) is 44.1 Å². The first-order valence-electron chi connectivity index (χ1n) is 7.00.